The van der Waals surface area contributed by atoms with Crippen LogP contribution in [0.2, 0.25) is 0 Å². The molecule has 1 aromatic heterocycles. The Bertz CT molecular complexity index is 838. The molecule has 1 N–H and O–H groups in total. The van der Waals surface area contributed by atoms with Gasteiger partial charge in [-0.3, -0.25) is 4.90 Å². The molecule has 0 radical (unpaired) electrons. The Labute approximate surface area is 147 Å². The molecule has 4 rings (SSSR count). The van der Waals surface area contributed by atoms with E-state index >= 15 is 0 Å². The smallest absolute Gasteiger partial charge is 0.143 e. The van der Waals surface area contributed by atoms with Crippen molar-refractivity contribution in [3.8, 4) is 22.4 Å². The van der Waals surface area contributed by atoms with Gasteiger partial charge in [-0.2, -0.15) is 0 Å². The second kappa shape index (κ2) is 6.82. The largest absolute Gasteiger partial charge is 0.392 e. The summed E-state index contributed by atoms with van der Waals surface area (Å²) in [5.41, 5.74) is 5.55. The van der Waals surface area contributed by atoms with Gasteiger partial charge in [0.2, 0.25) is 0 Å². The molecule has 128 valence electrons. The molecule has 1 aliphatic heterocycles. The van der Waals surface area contributed by atoms with Crippen LogP contribution in [0.5, 0.6) is 0 Å². The van der Waals surface area contributed by atoms with E-state index in [0.29, 0.717) is 6.54 Å². The molecular weight excluding hydrogens is 312 g/mol. The first-order valence-corrected chi connectivity index (χ1v) is 8.74. The Kier molecular flexibility index (Phi) is 4.38. The van der Waals surface area contributed by atoms with E-state index in [9.17, 15) is 5.11 Å². The molecule has 0 amide bonds. The summed E-state index contributed by atoms with van der Waals surface area (Å²) in [6.45, 7) is 4.18. The summed E-state index contributed by atoms with van der Waals surface area (Å²) in [7, 11) is 0. The standard InChI is InChI=1S/C21H22N2O2/c1-15(24)13-23-12-11-20-19(14-23)21(22-25-20)18-9-7-17(8-10-18)16-5-3-2-4-6-16/h2-10,15,24H,11-14H2,1H3/t15-/m0/s1. The molecule has 1 atom stereocenters. The lowest BCUT2D eigenvalue weighted by molar-refractivity contribution is 0.116. The van der Waals surface area contributed by atoms with Crippen molar-refractivity contribution in [2.45, 2.75) is 26.0 Å². The van der Waals surface area contributed by atoms with Gasteiger partial charge in [-0.15, -0.1) is 0 Å². The first kappa shape index (κ1) is 16.1. The number of hydrogen-bond donors (Lipinski definition) is 1. The lowest BCUT2D eigenvalue weighted by Gasteiger charge is -2.27. The molecule has 0 bridgehead atoms. The van der Waals surface area contributed by atoms with E-state index in [1.54, 1.807) is 0 Å². The van der Waals surface area contributed by atoms with Crippen LogP contribution in [0, 0.1) is 0 Å². The lowest BCUT2D eigenvalue weighted by atomic mass is 9.98. The van der Waals surface area contributed by atoms with Gasteiger partial charge in [0.25, 0.3) is 0 Å². The maximum atomic E-state index is 9.65. The van der Waals surface area contributed by atoms with E-state index < -0.39 is 0 Å². The van der Waals surface area contributed by atoms with Crippen LogP contribution in [0.3, 0.4) is 0 Å². The predicted molar refractivity (Wildman–Crippen MR) is 98.0 cm³/mol. The van der Waals surface area contributed by atoms with Gasteiger partial charge in [-0.1, -0.05) is 59.8 Å². The minimum atomic E-state index is -0.324. The quantitative estimate of drug-likeness (QED) is 0.789. The van der Waals surface area contributed by atoms with E-state index in [0.717, 1.165) is 42.1 Å². The van der Waals surface area contributed by atoms with Crippen LogP contribution in [0.25, 0.3) is 22.4 Å². The summed E-state index contributed by atoms with van der Waals surface area (Å²) in [5.74, 6) is 0.976. The maximum Gasteiger partial charge on any atom is 0.143 e. The average Bonchev–Trinajstić information content (AvgIpc) is 3.05. The molecule has 2 aromatic carbocycles. The van der Waals surface area contributed by atoms with Gasteiger partial charge in [0.1, 0.15) is 11.5 Å². The molecule has 0 saturated heterocycles. The SMILES string of the molecule is C[C@H](O)CN1CCc2onc(-c3ccc(-c4ccccc4)cc3)c2C1. The number of aliphatic hydroxyl groups is 1. The zero-order chi connectivity index (χ0) is 17.2. The van der Waals surface area contributed by atoms with E-state index in [1.165, 1.54) is 11.1 Å². The topological polar surface area (TPSA) is 49.5 Å². The number of β-amino-alcohol motifs (C(OH)–C–C–N with tert-alkyl or cyclic N) is 1. The number of hydrogen-bond acceptors (Lipinski definition) is 4. The number of aliphatic hydroxyl groups excluding tert-OH is 1. The molecule has 4 nitrogen and oxygen atoms in total. The predicted octanol–water partition coefficient (Wildman–Crippen LogP) is 3.75. The average molecular weight is 334 g/mol. The Hall–Kier alpha value is -2.43. The third-order valence-electron chi connectivity index (χ3n) is 4.69. The minimum Gasteiger partial charge on any atom is -0.392 e. The van der Waals surface area contributed by atoms with Crippen molar-refractivity contribution in [3.05, 3.63) is 65.9 Å². The molecule has 0 aliphatic carbocycles. The first-order valence-electron chi connectivity index (χ1n) is 8.74. The molecule has 1 aliphatic rings. The minimum absolute atomic E-state index is 0.324. The van der Waals surface area contributed by atoms with Gasteiger partial charge >= 0.3 is 0 Å². The van der Waals surface area contributed by atoms with Gasteiger partial charge < -0.3 is 9.63 Å². The Morgan fingerprint density at radius 1 is 1.04 bits per heavy atom. The van der Waals surface area contributed by atoms with Crippen molar-refractivity contribution in [2.24, 2.45) is 0 Å². The molecule has 2 heterocycles. The highest BCUT2D eigenvalue weighted by Crippen LogP contribution is 2.31. The van der Waals surface area contributed by atoms with Gasteiger partial charge in [0.05, 0.1) is 6.10 Å². The third-order valence-corrected chi connectivity index (χ3v) is 4.69. The zero-order valence-corrected chi connectivity index (χ0v) is 14.4. The van der Waals surface area contributed by atoms with Crippen LogP contribution in [-0.2, 0) is 13.0 Å². The molecular formula is C21H22N2O2. The van der Waals surface area contributed by atoms with E-state index in [1.807, 2.05) is 25.1 Å². The molecule has 0 fully saturated rings. The number of rotatable bonds is 4. The summed E-state index contributed by atoms with van der Waals surface area (Å²) in [6, 6.07) is 18.8. The van der Waals surface area contributed by atoms with Gasteiger partial charge in [0, 0.05) is 37.2 Å². The summed E-state index contributed by atoms with van der Waals surface area (Å²) in [5, 5.41) is 14.0. The van der Waals surface area contributed by atoms with Crippen LogP contribution in [0.15, 0.2) is 59.1 Å². The van der Waals surface area contributed by atoms with Gasteiger partial charge in [0.15, 0.2) is 0 Å². The van der Waals surface area contributed by atoms with Crippen LogP contribution < -0.4 is 0 Å². The summed E-state index contributed by atoms with van der Waals surface area (Å²) < 4.78 is 5.57. The molecule has 0 unspecified atom stereocenters. The third kappa shape index (κ3) is 3.36. The first-order chi connectivity index (χ1) is 12.2. The lowest BCUT2D eigenvalue weighted by Crippen LogP contribution is -2.35. The number of aromatic nitrogens is 1. The molecule has 0 spiro atoms. The highest BCUT2D eigenvalue weighted by molar-refractivity contribution is 5.70. The van der Waals surface area contributed by atoms with Crippen LogP contribution in [0.4, 0.5) is 0 Å². The second-order valence-electron chi connectivity index (χ2n) is 6.71. The van der Waals surface area contributed by atoms with Crippen LogP contribution in [-0.4, -0.2) is 34.4 Å². The number of benzene rings is 2. The van der Waals surface area contributed by atoms with Crippen molar-refractivity contribution in [2.75, 3.05) is 13.1 Å². The summed E-state index contributed by atoms with van der Waals surface area (Å²) in [4.78, 5) is 2.26. The summed E-state index contributed by atoms with van der Waals surface area (Å²) in [6.07, 6.45) is 0.520. The fourth-order valence-corrected chi connectivity index (χ4v) is 3.47. The van der Waals surface area contributed by atoms with Crippen molar-refractivity contribution in [1.82, 2.24) is 10.1 Å². The fourth-order valence-electron chi connectivity index (χ4n) is 3.47. The van der Waals surface area contributed by atoms with Gasteiger partial charge in [-0.25, -0.2) is 0 Å². The summed E-state index contributed by atoms with van der Waals surface area (Å²) >= 11 is 0. The zero-order valence-electron chi connectivity index (χ0n) is 14.4. The Balaban J connectivity index is 1.60. The maximum absolute atomic E-state index is 9.65. The Morgan fingerprint density at radius 2 is 1.72 bits per heavy atom. The van der Waals surface area contributed by atoms with Crippen molar-refractivity contribution in [3.63, 3.8) is 0 Å². The highest BCUT2D eigenvalue weighted by Gasteiger charge is 2.25. The monoisotopic (exact) mass is 334 g/mol. The molecule has 3 aromatic rings. The second-order valence-corrected chi connectivity index (χ2v) is 6.71. The van der Waals surface area contributed by atoms with Gasteiger partial charge in [-0.05, 0) is 18.1 Å². The Morgan fingerprint density at radius 3 is 2.44 bits per heavy atom. The molecule has 25 heavy (non-hydrogen) atoms. The van der Waals surface area contributed by atoms with Crippen molar-refractivity contribution in [1.29, 1.82) is 0 Å². The molecule has 0 saturated carbocycles. The number of nitrogens with zero attached hydrogens (tertiary/aromatic N) is 2. The normalized spacial score (nSPS) is 15.8. The van der Waals surface area contributed by atoms with Crippen molar-refractivity contribution < 1.29 is 9.63 Å². The van der Waals surface area contributed by atoms with E-state index in [2.05, 4.69) is 46.5 Å². The highest BCUT2D eigenvalue weighted by atomic mass is 16.5. The van der Waals surface area contributed by atoms with Crippen LogP contribution >= 0.6 is 0 Å². The van der Waals surface area contributed by atoms with Crippen LogP contribution in [0.1, 0.15) is 18.2 Å². The number of fused-ring (bicyclic) bond motifs is 1. The van der Waals surface area contributed by atoms with E-state index in [4.69, 9.17) is 4.52 Å². The van der Waals surface area contributed by atoms with Crippen molar-refractivity contribution >= 4 is 0 Å². The molecule has 4 heteroatoms. The van der Waals surface area contributed by atoms with E-state index in [-0.39, 0.29) is 6.10 Å². The fraction of sp³-hybridized carbons (Fsp3) is 0.286.